The van der Waals surface area contributed by atoms with Crippen molar-refractivity contribution in [2.75, 3.05) is 17.7 Å². The van der Waals surface area contributed by atoms with Crippen LogP contribution in [0.3, 0.4) is 0 Å². The molecule has 2 rings (SSSR count). The molecule has 2 N–H and O–H groups in total. The Morgan fingerprint density at radius 1 is 1.24 bits per heavy atom. The topological polar surface area (TPSA) is 55.0 Å². The Kier molecular flexibility index (Phi) is 4.83. The van der Waals surface area contributed by atoms with Gasteiger partial charge in [0.25, 0.3) is 0 Å². The SMILES string of the molecule is Cc1c(N)nc(C(C)C)nc1N(C)Cc1ccccc1Br. The van der Waals surface area contributed by atoms with Crippen LogP contribution in [-0.2, 0) is 6.54 Å². The van der Waals surface area contributed by atoms with E-state index in [1.807, 2.05) is 32.2 Å². The number of nitrogen functional groups attached to an aromatic ring is 1. The lowest BCUT2D eigenvalue weighted by atomic mass is 10.2. The average Bonchev–Trinajstić information content (AvgIpc) is 2.43. The molecule has 21 heavy (non-hydrogen) atoms. The lowest BCUT2D eigenvalue weighted by Crippen LogP contribution is -2.21. The van der Waals surface area contributed by atoms with Crippen molar-refractivity contribution in [3.63, 3.8) is 0 Å². The van der Waals surface area contributed by atoms with Gasteiger partial charge in [-0.3, -0.25) is 0 Å². The Balaban J connectivity index is 2.35. The van der Waals surface area contributed by atoms with Crippen LogP contribution in [0.25, 0.3) is 0 Å². The van der Waals surface area contributed by atoms with E-state index < -0.39 is 0 Å². The third-order valence-corrected chi connectivity index (χ3v) is 4.19. The summed E-state index contributed by atoms with van der Waals surface area (Å²) in [6.45, 7) is 6.87. The van der Waals surface area contributed by atoms with E-state index in [9.17, 15) is 0 Å². The molecule has 0 spiro atoms. The van der Waals surface area contributed by atoms with Gasteiger partial charge in [-0.15, -0.1) is 0 Å². The fourth-order valence-corrected chi connectivity index (χ4v) is 2.54. The molecule has 112 valence electrons. The van der Waals surface area contributed by atoms with Crippen LogP contribution in [-0.4, -0.2) is 17.0 Å². The van der Waals surface area contributed by atoms with Gasteiger partial charge in [0.15, 0.2) is 0 Å². The van der Waals surface area contributed by atoms with E-state index in [-0.39, 0.29) is 5.92 Å². The van der Waals surface area contributed by atoms with E-state index in [1.165, 1.54) is 5.56 Å². The molecular weight excluding hydrogens is 328 g/mol. The molecule has 0 fully saturated rings. The van der Waals surface area contributed by atoms with E-state index >= 15 is 0 Å². The molecule has 0 aliphatic heterocycles. The van der Waals surface area contributed by atoms with Crippen LogP contribution < -0.4 is 10.6 Å². The van der Waals surface area contributed by atoms with Crippen molar-refractivity contribution < 1.29 is 0 Å². The van der Waals surface area contributed by atoms with Crippen molar-refractivity contribution in [3.8, 4) is 0 Å². The van der Waals surface area contributed by atoms with Gasteiger partial charge in [0.1, 0.15) is 17.5 Å². The molecule has 0 atom stereocenters. The maximum absolute atomic E-state index is 6.03. The van der Waals surface area contributed by atoms with Gasteiger partial charge in [-0.2, -0.15) is 0 Å². The summed E-state index contributed by atoms with van der Waals surface area (Å²) in [5, 5.41) is 0. The molecular formula is C16H21BrN4. The molecule has 5 heteroatoms. The van der Waals surface area contributed by atoms with Gasteiger partial charge >= 0.3 is 0 Å². The number of nitrogens with two attached hydrogens (primary N) is 1. The Labute approximate surface area is 134 Å². The standard InChI is InChI=1S/C16H21BrN4/c1-10(2)15-19-14(18)11(3)16(20-15)21(4)9-12-7-5-6-8-13(12)17/h5-8,10H,9H2,1-4H3,(H2,18,19,20). The molecule has 0 aliphatic carbocycles. The fourth-order valence-electron chi connectivity index (χ4n) is 2.13. The van der Waals surface area contributed by atoms with Crippen molar-refractivity contribution in [2.45, 2.75) is 33.2 Å². The summed E-state index contributed by atoms with van der Waals surface area (Å²) in [7, 11) is 2.03. The second kappa shape index (κ2) is 6.43. The zero-order valence-electron chi connectivity index (χ0n) is 12.9. The van der Waals surface area contributed by atoms with Gasteiger partial charge < -0.3 is 10.6 Å². The Morgan fingerprint density at radius 2 is 1.90 bits per heavy atom. The smallest absolute Gasteiger partial charge is 0.137 e. The van der Waals surface area contributed by atoms with Crippen LogP contribution in [0.2, 0.25) is 0 Å². The van der Waals surface area contributed by atoms with Crippen LogP contribution >= 0.6 is 15.9 Å². The van der Waals surface area contributed by atoms with Crippen LogP contribution in [0.1, 0.15) is 36.7 Å². The van der Waals surface area contributed by atoms with Crippen molar-refractivity contribution in [1.82, 2.24) is 9.97 Å². The Bertz CT molecular complexity index is 640. The molecule has 1 heterocycles. The summed E-state index contributed by atoms with van der Waals surface area (Å²) in [5.41, 5.74) is 8.17. The first-order chi connectivity index (χ1) is 9.90. The number of anilines is 2. The molecule has 2 aromatic rings. The molecule has 0 saturated carbocycles. The van der Waals surface area contributed by atoms with Crippen molar-refractivity contribution >= 4 is 27.6 Å². The highest BCUT2D eigenvalue weighted by atomic mass is 79.9. The minimum Gasteiger partial charge on any atom is -0.383 e. The van der Waals surface area contributed by atoms with E-state index in [2.05, 4.69) is 50.7 Å². The van der Waals surface area contributed by atoms with Crippen LogP contribution in [0.15, 0.2) is 28.7 Å². The highest BCUT2D eigenvalue weighted by Gasteiger charge is 2.15. The minimum absolute atomic E-state index is 0.253. The highest BCUT2D eigenvalue weighted by Crippen LogP contribution is 2.26. The Morgan fingerprint density at radius 3 is 2.52 bits per heavy atom. The van der Waals surface area contributed by atoms with Gasteiger partial charge in [-0.25, -0.2) is 9.97 Å². The van der Waals surface area contributed by atoms with E-state index in [0.717, 1.165) is 28.2 Å². The Hall–Kier alpha value is -1.62. The fraction of sp³-hybridized carbons (Fsp3) is 0.375. The summed E-state index contributed by atoms with van der Waals surface area (Å²) >= 11 is 3.58. The summed E-state index contributed by atoms with van der Waals surface area (Å²) in [5.74, 6) is 2.49. The number of nitrogens with zero attached hydrogens (tertiary/aromatic N) is 3. The summed E-state index contributed by atoms with van der Waals surface area (Å²) < 4.78 is 1.10. The number of rotatable bonds is 4. The van der Waals surface area contributed by atoms with E-state index in [0.29, 0.717) is 5.82 Å². The minimum atomic E-state index is 0.253. The lowest BCUT2D eigenvalue weighted by molar-refractivity contribution is 0.761. The monoisotopic (exact) mass is 348 g/mol. The molecule has 0 amide bonds. The second-order valence-corrected chi connectivity index (χ2v) is 6.37. The molecule has 0 radical (unpaired) electrons. The van der Waals surface area contributed by atoms with Gasteiger partial charge in [0, 0.05) is 29.5 Å². The number of hydrogen-bond acceptors (Lipinski definition) is 4. The van der Waals surface area contributed by atoms with Crippen molar-refractivity contribution in [1.29, 1.82) is 0 Å². The third kappa shape index (κ3) is 3.53. The summed E-state index contributed by atoms with van der Waals surface area (Å²) in [6, 6.07) is 8.20. The first-order valence-corrected chi connectivity index (χ1v) is 7.78. The van der Waals surface area contributed by atoms with Gasteiger partial charge in [-0.05, 0) is 18.6 Å². The second-order valence-electron chi connectivity index (χ2n) is 5.52. The molecule has 0 unspecified atom stereocenters. The largest absolute Gasteiger partial charge is 0.383 e. The molecule has 4 nitrogen and oxygen atoms in total. The quantitative estimate of drug-likeness (QED) is 0.910. The molecule has 0 saturated heterocycles. The van der Waals surface area contributed by atoms with E-state index in [1.54, 1.807) is 0 Å². The molecule has 1 aromatic carbocycles. The number of hydrogen-bond donors (Lipinski definition) is 1. The summed E-state index contributed by atoms with van der Waals surface area (Å²) in [4.78, 5) is 11.2. The lowest BCUT2D eigenvalue weighted by Gasteiger charge is -2.22. The maximum atomic E-state index is 6.03. The average molecular weight is 349 g/mol. The van der Waals surface area contributed by atoms with Gasteiger partial charge in [0.2, 0.25) is 0 Å². The zero-order chi connectivity index (χ0) is 15.6. The normalized spacial score (nSPS) is 11.0. The predicted octanol–water partition coefficient (Wildman–Crippen LogP) is 3.89. The highest BCUT2D eigenvalue weighted by molar-refractivity contribution is 9.10. The van der Waals surface area contributed by atoms with Crippen LogP contribution in [0, 0.1) is 6.92 Å². The van der Waals surface area contributed by atoms with Crippen molar-refractivity contribution in [2.24, 2.45) is 0 Å². The first-order valence-electron chi connectivity index (χ1n) is 6.98. The molecule has 0 aliphatic rings. The van der Waals surface area contributed by atoms with Gasteiger partial charge in [-0.1, -0.05) is 48.0 Å². The van der Waals surface area contributed by atoms with E-state index in [4.69, 9.17) is 5.73 Å². The number of aromatic nitrogens is 2. The maximum Gasteiger partial charge on any atom is 0.137 e. The zero-order valence-corrected chi connectivity index (χ0v) is 14.5. The first kappa shape index (κ1) is 15.8. The summed E-state index contributed by atoms with van der Waals surface area (Å²) in [6.07, 6.45) is 0. The number of halogens is 1. The van der Waals surface area contributed by atoms with Crippen LogP contribution in [0.4, 0.5) is 11.6 Å². The molecule has 0 bridgehead atoms. The van der Waals surface area contributed by atoms with Crippen molar-refractivity contribution in [3.05, 3.63) is 45.7 Å². The van der Waals surface area contributed by atoms with Gasteiger partial charge in [0.05, 0.1) is 0 Å². The predicted molar refractivity (Wildman–Crippen MR) is 91.5 cm³/mol. The van der Waals surface area contributed by atoms with Crippen LogP contribution in [0.5, 0.6) is 0 Å². The number of benzene rings is 1. The molecule has 1 aromatic heterocycles. The third-order valence-electron chi connectivity index (χ3n) is 3.42.